The van der Waals surface area contributed by atoms with Crippen LogP contribution in [0.15, 0.2) is 42.5 Å². The number of rotatable bonds is 3. The van der Waals surface area contributed by atoms with Crippen molar-refractivity contribution in [2.75, 3.05) is 18.0 Å². The first-order valence-electron chi connectivity index (χ1n) is 7.90. The molecule has 0 amide bonds. The van der Waals surface area contributed by atoms with Gasteiger partial charge in [-0.1, -0.05) is 48.9 Å². The maximum absolute atomic E-state index is 14.5. The lowest BCUT2D eigenvalue weighted by atomic mass is 9.98. The van der Waals surface area contributed by atoms with Gasteiger partial charge in [0.15, 0.2) is 5.78 Å². The van der Waals surface area contributed by atoms with Gasteiger partial charge in [-0.3, -0.25) is 4.79 Å². The zero-order valence-corrected chi connectivity index (χ0v) is 13.8. The Morgan fingerprint density at radius 2 is 1.83 bits per heavy atom. The van der Waals surface area contributed by atoms with Crippen LogP contribution in [0.3, 0.4) is 0 Å². The first kappa shape index (κ1) is 16.0. The predicted octanol–water partition coefficient (Wildman–Crippen LogP) is 4.95. The van der Waals surface area contributed by atoms with Crippen molar-refractivity contribution in [2.45, 2.75) is 19.8 Å². The quantitative estimate of drug-likeness (QED) is 0.742. The number of hydrogen-bond acceptors (Lipinski definition) is 2. The molecule has 0 aromatic heterocycles. The molecule has 1 aliphatic rings. The van der Waals surface area contributed by atoms with E-state index < -0.39 is 0 Å². The lowest BCUT2D eigenvalue weighted by molar-refractivity contribution is 0.103. The molecule has 120 valence electrons. The second-order valence-electron chi connectivity index (χ2n) is 6.15. The van der Waals surface area contributed by atoms with Gasteiger partial charge in [-0.25, -0.2) is 4.39 Å². The highest BCUT2D eigenvalue weighted by Gasteiger charge is 2.22. The Morgan fingerprint density at radius 3 is 2.48 bits per heavy atom. The molecule has 4 heteroatoms. The van der Waals surface area contributed by atoms with E-state index in [1.807, 2.05) is 11.0 Å². The summed E-state index contributed by atoms with van der Waals surface area (Å²) in [6, 6.07) is 11.7. The minimum absolute atomic E-state index is 0.212. The van der Waals surface area contributed by atoms with E-state index in [0.717, 1.165) is 25.9 Å². The van der Waals surface area contributed by atoms with Crippen LogP contribution >= 0.6 is 11.6 Å². The molecule has 23 heavy (non-hydrogen) atoms. The van der Waals surface area contributed by atoms with Gasteiger partial charge in [-0.2, -0.15) is 0 Å². The third-order valence-corrected chi connectivity index (χ3v) is 4.75. The minimum atomic E-state index is -0.386. The molecule has 2 aromatic carbocycles. The van der Waals surface area contributed by atoms with E-state index in [1.165, 1.54) is 6.07 Å². The molecule has 1 fully saturated rings. The van der Waals surface area contributed by atoms with Crippen LogP contribution in [0.1, 0.15) is 35.7 Å². The van der Waals surface area contributed by atoms with E-state index in [1.54, 1.807) is 30.3 Å². The zero-order valence-electron chi connectivity index (χ0n) is 13.1. The monoisotopic (exact) mass is 331 g/mol. The second kappa shape index (κ2) is 6.71. The van der Waals surface area contributed by atoms with Crippen LogP contribution in [-0.4, -0.2) is 18.9 Å². The molecule has 0 atom stereocenters. The molecule has 1 aliphatic heterocycles. The molecule has 2 aromatic rings. The summed E-state index contributed by atoms with van der Waals surface area (Å²) in [5, 5.41) is 0.300. The Morgan fingerprint density at radius 1 is 1.17 bits per heavy atom. The molecule has 1 saturated heterocycles. The minimum Gasteiger partial charge on any atom is -0.369 e. The number of carbonyl (C=O) groups is 1. The molecular formula is C19H19ClFNO. The SMILES string of the molecule is CC1CCN(c2cc(Cl)c(C(=O)c3ccccc3)cc2F)CC1. The molecule has 0 bridgehead atoms. The number of anilines is 1. The van der Waals surface area contributed by atoms with Gasteiger partial charge in [0.2, 0.25) is 0 Å². The van der Waals surface area contributed by atoms with E-state index in [2.05, 4.69) is 6.92 Å². The lowest BCUT2D eigenvalue weighted by Crippen LogP contribution is -2.33. The van der Waals surface area contributed by atoms with E-state index in [-0.39, 0.29) is 17.2 Å². The highest BCUT2D eigenvalue weighted by molar-refractivity contribution is 6.35. The van der Waals surface area contributed by atoms with Crippen LogP contribution in [-0.2, 0) is 0 Å². The van der Waals surface area contributed by atoms with Crippen molar-refractivity contribution in [1.29, 1.82) is 0 Å². The van der Waals surface area contributed by atoms with Crippen LogP contribution in [0.25, 0.3) is 0 Å². The fourth-order valence-corrected chi connectivity index (χ4v) is 3.19. The first-order valence-corrected chi connectivity index (χ1v) is 8.28. The molecular weight excluding hydrogens is 313 g/mol. The van der Waals surface area contributed by atoms with Crippen molar-refractivity contribution >= 4 is 23.1 Å². The Labute approximate surface area is 140 Å². The molecule has 0 aliphatic carbocycles. The van der Waals surface area contributed by atoms with Gasteiger partial charge in [-0.05, 0) is 30.9 Å². The first-order chi connectivity index (χ1) is 11.1. The van der Waals surface area contributed by atoms with Crippen LogP contribution in [0.2, 0.25) is 5.02 Å². The third-order valence-electron chi connectivity index (χ3n) is 4.44. The Kier molecular flexibility index (Phi) is 4.67. The van der Waals surface area contributed by atoms with Gasteiger partial charge >= 0.3 is 0 Å². The number of carbonyl (C=O) groups excluding carboxylic acids is 1. The molecule has 0 saturated carbocycles. The zero-order chi connectivity index (χ0) is 16.4. The molecule has 0 spiro atoms. The summed E-state index contributed by atoms with van der Waals surface area (Å²) < 4.78 is 14.5. The summed E-state index contributed by atoms with van der Waals surface area (Å²) in [5.74, 6) is 0.0280. The largest absolute Gasteiger partial charge is 0.369 e. The van der Waals surface area contributed by atoms with E-state index in [0.29, 0.717) is 22.2 Å². The van der Waals surface area contributed by atoms with Crippen molar-refractivity contribution in [1.82, 2.24) is 0 Å². The molecule has 0 N–H and O–H groups in total. The van der Waals surface area contributed by atoms with Crippen molar-refractivity contribution in [3.63, 3.8) is 0 Å². The highest BCUT2D eigenvalue weighted by atomic mass is 35.5. The molecule has 1 heterocycles. The van der Waals surface area contributed by atoms with Crippen molar-refractivity contribution < 1.29 is 9.18 Å². The maximum Gasteiger partial charge on any atom is 0.194 e. The van der Waals surface area contributed by atoms with Gasteiger partial charge in [0.25, 0.3) is 0 Å². The lowest BCUT2D eigenvalue weighted by Gasteiger charge is -2.32. The fraction of sp³-hybridized carbons (Fsp3) is 0.316. The molecule has 0 unspecified atom stereocenters. The van der Waals surface area contributed by atoms with Crippen molar-refractivity contribution in [3.05, 3.63) is 64.4 Å². The number of halogens is 2. The smallest absolute Gasteiger partial charge is 0.194 e. The molecule has 0 radical (unpaired) electrons. The van der Waals surface area contributed by atoms with E-state index >= 15 is 0 Å². The van der Waals surface area contributed by atoms with Gasteiger partial charge in [0.05, 0.1) is 10.7 Å². The number of hydrogen-bond donors (Lipinski definition) is 0. The number of nitrogens with zero attached hydrogens (tertiary/aromatic N) is 1. The number of benzene rings is 2. The van der Waals surface area contributed by atoms with Gasteiger partial charge < -0.3 is 4.90 Å². The summed E-state index contributed by atoms with van der Waals surface area (Å²) in [4.78, 5) is 14.5. The van der Waals surface area contributed by atoms with Crippen LogP contribution < -0.4 is 4.90 Å². The Hall–Kier alpha value is -1.87. The van der Waals surface area contributed by atoms with Crippen LogP contribution in [0, 0.1) is 11.7 Å². The highest BCUT2D eigenvalue weighted by Crippen LogP contribution is 2.31. The van der Waals surface area contributed by atoms with Crippen LogP contribution in [0.4, 0.5) is 10.1 Å². The van der Waals surface area contributed by atoms with Crippen molar-refractivity contribution in [2.24, 2.45) is 5.92 Å². The molecule has 3 rings (SSSR count). The summed E-state index contributed by atoms with van der Waals surface area (Å²) in [6.07, 6.45) is 2.09. The van der Waals surface area contributed by atoms with Gasteiger partial charge in [-0.15, -0.1) is 0 Å². The average Bonchev–Trinajstić information content (AvgIpc) is 2.57. The normalized spacial score (nSPS) is 15.7. The third kappa shape index (κ3) is 3.40. The van der Waals surface area contributed by atoms with Crippen LogP contribution in [0.5, 0.6) is 0 Å². The molecule has 2 nitrogen and oxygen atoms in total. The maximum atomic E-state index is 14.5. The van der Waals surface area contributed by atoms with Gasteiger partial charge in [0.1, 0.15) is 5.82 Å². The predicted molar refractivity (Wildman–Crippen MR) is 91.9 cm³/mol. The summed E-state index contributed by atoms with van der Waals surface area (Å²) in [5.41, 5.74) is 1.21. The second-order valence-corrected chi connectivity index (χ2v) is 6.56. The number of piperidine rings is 1. The number of ketones is 1. The average molecular weight is 332 g/mol. The van der Waals surface area contributed by atoms with Gasteiger partial charge in [0, 0.05) is 24.2 Å². The van der Waals surface area contributed by atoms with E-state index in [4.69, 9.17) is 11.6 Å². The Balaban J connectivity index is 1.90. The topological polar surface area (TPSA) is 20.3 Å². The summed E-state index contributed by atoms with van der Waals surface area (Å²) in [7, 11) is 0. The van der Waals surface area contributed by atoms with Crippen molar-refractivity contribution in [3.8, 4) is 0 Å². The standard InChI is InChI=1S/C19H19ClFNO/c1-13-7-9-22(10-8-13)18-12-16(20)15(11-17(18)21)19(23)14-5-3-2-4-6-14/h2-6,11-13H,7-10H2,1H3. The Bertz CT molecular complexity index is 709. The van der Waals surface area contributed by atoms with E-state index in [9.17, 15) is 9.18 Å². The fourth-order valence-electron chi connectivity index (χ4n) is 2.95. The summed E-state index contributed by atoms with van der Waals surface area (Å²) in [6.45, 7) is 3.85. The summed E-state index contributed by atoms with van der Waals surface area (Å²) >= 11 is 6.28.